The zero-order valence-electron chi connectivity index (χ0n) is 10.5. The number of carbonyl (C=O) groups is 1. The second-order valence-electron chi connectivity index (χ2n) is 4.05. The number of rotatable bonds is 5. The van der Waals surface area contributed by atoms with Crippen molar-refractivity contribution in [3.8, 4) is 5.75 Å². The molecule has 21 heavy (non-hydrogen) atoms. The molecule has 0 aliphatic rings. The number of nitrogens with zero attached hydrogens (tertiary/aromatic N) is 2. The van der Waals surface area contributed by atoms with Gasteiger partial charge in [-0.25, -0.2) is 9.78 Å². The highest BCUT2D eigenvalue weighted by molar-refractivity contribution is 9.10. The van der Waals surface area contributed by atoms with E-state index in [-0.39, 0.29) is 18.0 Å². The first-order chi connectivity index (χ1) is 9.95. The van der Waals surface area contributed by atoms with Crippen molar-refractivity contribution in [2.45, 2.75) is 6.61 Å². The molecule has 0 aliphatic heterocycles. The molecule has 1 N–H and O–H groups in total. The number of benzene rings is 1. The number of halogens is 1. The van der Waals surface area contributed by atoms with Crippen molar-refractivity contribution >= 4 is 27.6 Å². The van der Waals surface area contributed by atoms with Crippen LogP contribution in [0.1, 0.15) is 16.1 Å². The molecule has 108 valence electrons. The molecule has 0 unspecified atom stereocenters. The fourth-order valence-corrected chi connectivity index (χ4v) is 2.04. The number of pyridine rings is 1. The van der Waals surface area contributed by atoms with Gasteiger partial charge in [0.25, 0.3) is 5.69 Å². The summed E-state index contributed by atoms with van der Waals surface area (Å²) in [5.74, 6) is -0.820. The lowest BCUT2D eigenvalue weighted by Crippen LogP contribution is -2.03. The fraction of sp³-hybridized carbons (Fsp3) is 0.0769. The maximum absolute atomic E-state index is 10.8. The summed E-state index contributed by atoms with van der Waals surface area (Å²) in [5.41, 5.74) is 0.418. The lowest BCUT2D eigenvalue weighted by Gasteiger charge is -2.07. The maximum atomic E-state index is 10.8. The van der Waals surface area contributed by atoms with Crippen LogP contribution in [0.15, 0.2) is 41.0 Å². The van der Waals surface area contributed by atoms with E-state index >= 15 is 0 Å². The van der Waals surface area contributed by atoms with Crippen LogP contribution in [0.25, 0.3) is 0 Å². The standard InChI is InChI=1S/C13H9BrN2O5/c14-9-4-10(16(19)20)6-11(5-9)21-7-8-1-2-15-12(3-8)13(17)18/h1-6H,7H2,(H,17,18). The van der Waals surface area contributed by atoms with E-state index in [2.05, 4.69) is 20.9 Å². The van der Waals surface area contributed by atoms with Gasteiger partial charge < -0.3 is 9.84 Å². The van der Waals surface area contributed by atoms with Crippen molar-refractivity contribution < 1.29 is 19.6 Å². The van der Waals surface area contributed by atoms with Gasteiger partial charge in [-0.2, -0.15) is 0 Å². The molecule has 2 rings (SSSR count). The summed E-state index contributed by atoms with van der Waals surface area (Å²) in [5, 5.41) is 19.6. The highest BCUT2D eigenvalue weighted by Crippen LogP contribution is 2.26. The molecule has 1 aromatic heterocycles. The summed E-state index contributed by atoms with van der Waals surface area (Å²) < 4.78 is 5.96. The molecular formula is C13H9BrN2O5. The summed E-state index contributed by atoms with van der Waals surface area (Å²) in [6.07, 6.45) is 1.37. The summed E-state index contributed by atoms with van der Waals surface area (Å²) in [4.78, 5) is 24.7. The number of carboxylic acid groups (broad SMARTS) is 1. The summed E-state index contributed by atoms with van der Waals surface area (Å²) in [6, 6.07) is 7.24. The summed E-state index contributed by atoms with van der Waals surface area (Å²) in [6.45, 7) is 0.0798. The van der Waals surface area contributed by atoms with E-state index in [4.69, 9.17) is 9.84 Å². The van der Waals surface area contributed by atoms with Crippen LogP contribution >= 0.6 is 15.9 Å². The van der Waals surface area contributed by atoms with E-state index in [1.54, 1.807) is 12.1 Å². The lowest BCUT2D eigenvalue weighted by atomic mass is 10.2. The minimum atomic E-state index is -1.13. The van der Waals surface area contributed by atoms with Crippen LogP contribution in [-0.4, -0.2) is 21.0 Å². The molecular weight excluding hydrogens is 344 g/mol. The minimum Gasteiger partial charge on any atom is -0.489 e. The summed E-state index contributed by atoms with van der Waals surface area (Å²) >= 11 is 3.17. The third-order valence-corrected chi connectivity index (χ3v) is 2.97. The Morgan fingerprint density at radius 2 is 2.14 bits per heavy atom. The summed E-state index contributed by atoms with van der Waals surface area (Å²) in [7, 11) is 0. The van der Waals surface area contributed by atoms with Crippen LogP contribution in [0.2, 0.25) is 0 Å². The number of hydrogen-bond acceptors (Lipinski definition) is 5. The average molecular weight is 353 g/mol. The Morgan fingerprint density at radius 1 is 1.38 bits per heavy atom. The highest BCUT2D eigenvalue weighted by atomic mass is 79.9. The molecule has 0 fully saturated rings. The average Bonchev–Trinajstić information content (AvgIpc) is 2.45. The topological polar surface area (TPSA) is 103 Å². The molecule has 0 saturated carbocycles. The second-order valence-corrected chi connectivity index (χ2v) is 4.96. The molecule has 2 aromatic rings. The Hall–Kier alpha value is -2.48. The molecule has 1 heterocycles. The first-order valence-corrected chi connectivity index (χ1v) is 6.51. The Bertz CT molecular complexity index is 705. The van der Waals surface area contributed by atoms with Gasteiger partial charge in [0.1, 0.15) is 18.1 Å². The van der Waals surface area contributed by atoms with E-state index in [1.807, 2.05) is 0 Å². The van der Waals surface area contributed by atoms with Crippen LogP contribution in [0.5, 0.6) is 5.75 Å². The van der Waals surface area contributed by atoms with Crippen LogP contribution in [-0.2, 0) is 6.61 Å². The predicted octanol–water partition coefficient (Wildman–Crippen LogP) is 3.03. The number of aromatic carboxylic acids is 1. The van der Waals surface area contributed by atoms with Crippen molar-refractivity contribution in [2.75, 3.05) is 0 Å². The number of hydrogen-bond donors (Lipinski definition) is 1. The Labute approximate surface area is 127 Å². The van der Waals surface area contributed by atoms with Crippen molar-refractivity contribution in [1.29, 1.82) is 0 Å². The fourth-order valence-electron chi connectivity index (χ4n) is 1.58. The number of carboxylic acids is 1. The van der Waals surface area contributed by atoms with Crippen LogP contribution < -0.4 is 4.74 Å². The van der Waals surface area contributed by atoms with E-state index in [9.17, 15) is 14.9 Å². The molecule has 0 spiro atoms. The first-order valence-electron chi connectivity index (χ1n) is 5.72. The monoisotopic (exact) mass is 352 g/mol. The van der Waals surface area contributed by atoms with Gasteiger partial charge in [0.2, 0.25) is 0 Å². The van der Waals surface area contributed by atoms with Crippen molar-refractivity contribution in [3.63, 3.8) is 0 Å². The van der Waals surface area contributed by atoms with Crippen molar-refractivity contribution in [3.05, 3.63) is 62.4 Å². The van der Waals surface area contributed by atoms with Crippen LogP contribution in [0, 0.1) is 10.1 Å². The zero-order valence-corrected chi connectivity index (χ0v) is 12.1. The number of aromatic nitrogens is 1. The molecule has 7 nitrogen and oxygen atoms in total. The van der Waals surface area contributed by atoms with Crippen LogP contribution in [0.3, 0.4) is 0 Å². The van der Waals surface area contributed by atoms with Gasteiger partial charge in [0, 0.05) is 16.7 Å². The van der Waals surface area contributed by atoms with E-state index in [1.165, 1.54) is 24.4 Å². The zero-order chi connectivity index (χ0) is 15.4. The molecule has 8 heteroatoms. The minimum absolute atomic E-state index is 0.0798. The van der Waals surface area contributed by atoms with Gasteiger partial charge >= 0.3 is 5.97 Å². The Kier molecular flexibility index (Phi) is 4.49. The van der Waals surface area contributed by atoms with Gasteiger partial charge in [0.15, 0.2) is 0 Å². The third-order valence-electron chi connectivity index (χ3n) is 2.52. The highest BCUT2D eigenvalue weighted by Gasteiger charge is 2.10. The third kappa shape index (κ3) is 3.99. The second kappa shape index (κ2) is 6.31. The molecule has 0 saturated heterocycles. The number of ether oxygens (including phenoxy) is 1. The quantitative estimate of drug-likeness (QED) is 0.655. The number of nitro benzene ring substituents is 1. The maximum Gasteiger partial charge on any atom is 0.354 e. The molecule has 0 bridgehead atoms. The molecule has 0 amide bonds. The van der Waals surface area contributed by atoms with Crippen molar-refractivity contribution in [2.24, 2.45) is 0 Å². The van der Waals surface area contributed by atoms with Gasteiger partial charge in [-0.15, -0.1) is 0 Å². The first kappa shape index (κ1) is 14.9. The molecule has 0 atom stereocenters. The van der Waals surface area contributed by atoms with Gasteiger partial charge in [-0.05, 0) is 23.8 Å². The van der Waals surface area contributed by atoms with E-state index in [0.717, 1.165) is 0 Å². The SMILES string of the molecule is O=C(O)c1cc(COc2cc(Br)cc([N+](=O)[O-])c2)ccn1. The van der Waals surface area contributed by atoms with E-state index in [0.29, 0.717) is 15.8 Å². The Balaban J connectivity index is 2.14. The predicted molar refractivity (Wildman–Crippen MR) is 76.3 cm³/mol. The number of nitro groups is 1. The van der Waals surface area contributed by atoms with Gasteiger partial charge in [-0.3, -0.25) is 10.1 Å². The van der Waals surface area contributed by atoms with Crippen molar-refractivity contribution in [1.82, 2.24) is 4.98 Å². The normalized spacial score (nSPS) is 10.1. The molecule has 0 aliphatic carbocycles. The van der Waals surface area contributed by atoms with Crippen LogP contribution in [0.4, 0.5) is 5.69 Å². The Morgan fingerprint density at radius 3 is 2.81 bits per heavy atom. The number of non-ortho nitro benzene ring substituents is 1. The molecule has 1 aromatic carbocycles. The van der Waals surface area contributed by atoms with E-state index < -0.39 is 10.9 Å². The van der Waals surface area contributed by atoms with Gasteiger partial charge in [-0.1, -0.05) is 15.9 Å². The largest absolute Gasteiger partial charge is 0.489 e. The van der Waals surface area contributed by atoms with Gasteiger partial charge in [0.05, 0.1) is 11.0 Å². The smallest absolute Gasteiger partial charge is 0.354 e. The molecule has 0 radical (unpaired) electrons. The lowest BCUT2D eigenvalue weighted by molar-refractivity contribution is -0.385.